The Kier molecular flexibility index (Phi) is 9.85. The zero-order valence-corrected chi connectivity index (χ0v) is 22.0. The zero-order chi connectivity index (χ0) is 23.8. The van der Waals surface area contributed by atoms with Crippen molar-refractivity contribution in [2.45, 2.75) is 13.8 Å². The maximum absolute atomic E-state index is 6.66. The third kappa shape index (κ3) is 6.48. The molecule has 0 saturated carbocycles. The Morgan fingerprint density at radius 2 is 0.771 bits per heavy atom. The van der Waals surface area contributed by atoms with E-state index in [0.29, 0.717) is 12.5 Å². The summed E-state index contributed by atoms with van der Waals surface area (Å²) in [4.78, 5) is 0. The molecule has 1 nitrogen and oxygen atoms in total. The first kappa shape index (κ1) is 26.4. The monoisotopic (exact) mass is 543 g/mol. The summed E-state index contributed by atoms with van der Waals surface area (Å²) in [6.45, 7) is 4.62. The number of hydrogen-bond donors (Lipinski definition) is 0. The quantitative estimate of drug-likeness (QED) is 0.156. The average Bonchev–Trinajstić information content (AvgIpc) is 3.32. The standard InChI is InChI=1S/C29H21.C4H10N.Ru/c1-5-13-22(14-6-1)26-21-27(23-15-7-2-8-16-23)29(25-19-11-4-12-20-25)28(26)24-17-9-3-10-18-24;1-4(2)3-5;/h1-21H;4-5H,3H2,1-2H3;/q2*-1;+2. The summed E-state index contributed by atoms with van der Waals surface area (Å²) in [5, 5.41) is 0. The van der Waals surface area contributed by atoms with Crippen molar-refractivity contribution in [3.05, 3.63) is 133 Å². The average molecular weight is 543 g/mol. The van der Waals surface area contributed by atoms with Crippen molar-refractivity contribution < 1.29 is 19.5 Å². The molecule has 0 amide bonds. The van der Waals surface area contributed by atoms with Crippen LogP contribution >= 0.6 is 0 Å². The molecule has 0 aromatic heterocycles. The van der Waals surface area contributed by atoms with E-state index in [1.807, 2.05) is 13.8 Å². The molecule has 2 heteroatoms. The van der Waals surface area contributed by atoms with Gasteiger partial charge < -0.3 is 5.73 Å². The Balaban J connectivity index is 0.000000521. The fourth-order valence-electron chi connectivity index (χ4n) is 4.06. The van der Waals surface area contributed by atoms with E-state index < -0.39 is 0 Å². The number of rotatable bonds is 5. The van der Waals surface area contributed by atoms with Crippen LogP contribution in [0.25, 0.3) is 50.2 Å². The summed E-state index contributed by atoms with van der Waals surface area (Å²) in [5.74, 6) is 0.551. The molecule has 0 atom stereocenters. The van der Waals surface area contributed by atoms with E-state index >= 15 is 0 Å². The number of hydrogen-bond acceptors (Lipinski definition) is 0. The largest absolute Gasteiger partial charge is 2.00 e. The Morgan fingerprint density at radius 1 is 0.514 bits per heavy atom. The van der Waals surface area contributed by atoms with Gasteiger partial charge in [-0.2, -0.15) is 0 Å². The van der Waals surface area contributed by atoms with Gasteiger partial charge in [0.05, 0.1) is 0 Å². The summed E-state index contributed by atoms with van der Waals surface area (Å²) in [7, 11) is 0. The predicted octanol–water partition coefficient (Wildman–Crippen LogP) is 9.77. The number of nitrogens with one attached hydrogen (secondary N) is 1. The molecule has 5 aromatic rings. The van der Waals surface area contributed by atoms with Crippen LogP contribution in [0.1, 0.15) is 13.8 Å². The summed E-state index contributed by atoms with van der Waals surface area (Å²) in [5.41, 5.74) is 16.8. The van der Waals surface area contributed by atoms with Gasteiger partial charge in [0.1, 0.15) is 0 Å². The van der Waals surface area contributed by atoms with Crippen LogP contribution in [0.15, 0.2) is 127 Å². The summed E-state index contributed by atoms with van der Waals surface area (Å²) < 4.78 is 0. The molecule has 0 fully saturated rings. The van der Waals surface area contributed by atoms with Crippen LogP contribution in [0.3, 0.4) is 0 Å². The second-order valence-electron chi connectivity index (χ2n) is 8.78. The molecule has 0 aliphatic rings. The molecule has 176 valence electrons. The topological polar surface area (TPSA) is 23.8 Å². The maximum atomic E-state index is 6.66. The second-order valence-corrected chi connectivity index (χ2v) is 8.78. The van der Waals surface area contributed by atoms with E-state index in [4.69, 9.17) is 5.73 Å². The molecule has 0 aliphatic carbocycles. The molecule has 35 heavy (non-hydrogen) atoms. The SMILES string of the molecule is CC(C)C[NH-].[Ru+2].c1ccc(-c2[cH-]c(-c3ccccc3)c(-c3ccccc3)c2-c2ccccc2)cc1. The van der Waals surface area contributed by atoms with Gasteiger partial charge in [-0.15, -0.1) is 34.9 Å². The molecule has 5 aromatic carbocycles. The van der Waals surface area contributed by atoms with E-state index in [1.165, 1.54) is 44.5 Å². The third-order valence-electron chi connectivity index (χ3n) is 5.78. The Morgan fingerprint density at radius 3 is 1.03 bits per heavy atom. The molecule has 0 spiro atoms. The van der Waals surface area contributed by atoms with E-state index in [9.17, 15) is 0 Å². The summed E-state index contributed by atoms with van der Waals surface area (Å²) in [6, 6.07) is 45.2. The molecule has 1 N–H and O–H groups in total. The van der Waals surface area contributed by atoms with Crippen LogP contribution < -0.4 is 0 Å². The molecule has 0 saturated heterocycles. The zero-order valence-electron chi connectivity index (χ0n) is 20.3. The van der Waals surface area contributed by atoms with Gasteiger partial charge in [0.15, 0.2) is 0 Å². The summed E-state index contributed by atoms with van der Waals surface area (Å²) >= 11 is 0. The smallest absolute Gasteiger partial charge is 0.677 e. The Bertz CT molecular complexity index is 1180. The van der Waals surface area contributed by atoms with Crippen molar-refractivity contribution in [3.63, 3.8) is 0 Å². The van der Waals surface area contributed by atoms with Crippen LogP contribution in [-0.2, 0) is 19.5 Å². The molecular formula is C33H31NRu. The van der Waals surface area contributed by atoms with E-state index in [2.05, 4.69) is 127 Å². The van der Waals surface area contributed by atoms with Gasteiger partial charge in [0.25, 0.3) is 0 Å². The molecule has 0 unspecified atom stereocenters. The van der Waals surface area contributed by atoms with Crippen molar-refractivity contribution in [2.24, 2.45) is 5.92 Å². The fourth-order valence-corrected chi connectivity index (χ4v) is 4.06. The first-order chi connectivity index (χ1) is 16.7. The van der Waals surface area contributed by atoms with Crippen LogP contribution in [0.2, 0.25) is 0 Å². The van der Waals surface area contributed by atoms with Crippen molar-refractivity contribution in [1.82, 2.24) is 0 Å². The Labute approximate surface area is 222 Å². The third-order valence-corrected chi connectivity index (χ3v) is 5.78. The molecule has 0 aliphatic heterocycles. The van der Waals surface area contributed by atoms with Gasteiger partial charge in [-0.05, 0) is 0 Å². The minimum Gasteiger partial charge on any atom is -0.677 e. The van der Waals surface area contributed by atoms with Crippen molar-refractivity contribution >= 4 is 0 Å². The van der Waals surface area contributed by atoms with Gasteiger partial charge in [-0.25, -0.2) is 0 Å². The van der Waals surface area contributed by atoms with Crippen molar-refractivity contribution in [2.75, 3.05) is 6.54 Å². The fraction of sp³-hybridized carbons (Fsp3) is 0.121. The minimum atomic E-state index is 0. The van der Waals surface area contributed by atoms with E-state index in [-0.39, 0.29) is 19.5 Å². The van der Waals surface area contributed by atoms with E-state index in [0.717, 1.165) is 0 Å². The maximum Gasteiger partial charge on any atom is 2.00 e. The molecule has 0 heterocycles. The normalized spacial score (nSPS) is 10.3. The molecule has 5 rings (SSSR count). The van der Waals surface area contributed by atoms with Gasteiger partial charge >= 0.3 is 19.5 Å². The van der Waals surface area contributed by atoms with Crippen LogP contribution in [0.4, 0.5) is 0 Å². The predicted molar refractivity (Wildman–Crippen MR) is 148 cm³/mol. The molecule has 0 radical (unpaired) electrons. The van der Waals surface area contributed by atoms with Crippen LogP contribution in [-0.4, -0.2) is 6.54 Å². The van der Waals surface area contributed by atoms with Gasteiger partial charge in [0, 0.05) is 0 Å². The second kappa shape index (κ2) is 13.0. The minimum absolute atomic E-state index is 0. The van der Waals surface area contributed by atoms with E-state index in [1.54, 1.807) is 0 Å². The van der Waals surface area contributed by atoms with Gasteiger partial charge in [0.2, 0.25) is 0 Å². The van der Waals surface area contributed by atoms with Crippen molar-refractivity contribution in [1.29, 1.82) is 0 Å². The first-order valence-corrected chi connectivity index (χ1v) is 11.9. The number of benzene rings is 4. The van der Waals surface area contributed by atoms with Crippen molar-refractivity contribution in [3.8, 4) is 44.5 Å². The van der Waals surface area contributed by atoms with Gasteiger partial charge in [-0.1, -0.05) is 163 Å². The van der Waals surface area contributed by atoms with Crippen LogP contribution in [0, 0.1) is 5.92 Å². The molecule has 0 bridgehead atoms. The van der Waals surface area contributed by atoms with Crippen LogP contribution in [0.5, 0.6) is 0 Å². The van der Waals surface area contributed by atoms with Gasteiger partial charge in [-0.3, -0.25) is 0 Å². The molecular weight excluding hydrogens is 511 g/mol. The first-order valence-electron chi connectivity index (χ1n) is 11.9. The summed E-state index contributed by atoms with van der Waals surface area (Å²) in [6.07, 6.45) is 0. The Hall–Kier alpha value is -3.19.